The Morgan fingerprint density at radius 3 is 2.60 bits per heavy atom. The van der Waals surface area contributed by atoms with Crippen LogP contribution in [0.4, 0.5) is 0 Å². The molecule has 2 heteroatoms. The highest BCUT2D eigenvalue weighted by atomic mass is 16.3. The van der Waals surface area contributed by atoms with Crippen molar-refractivity contribution in [2.24, 2.45) is 11.8 Å². The highest BCUT2D eigenvalue weighted by Gasteiger charge is 2.27. The molecular formula is C8H16O2. The minimum Gasteiger partial charge on any atom is -0.396 e. The van der Waals surface area contributed by atoms with E-state index in [1.807, 2.05) is 6.92 Å². The molecule has 60 valence electrons. The molecule has 0 heterocycles. The summed E-state index contributed by atoms with van der Waals surface area (Å²) in [6.45, 7) is 2.19. The molecule has 10 heavy (non-hydrogen) atoms. The van der Waals surface area contributed by atoms with E-state index in [0.717, 1.165) is 19.3 Å². The van der Waals surface area contributed by atoms with E-state index in [9.17, 15) is 5.11 Å². The first-order valence-corrected chi connectivity index (χ1v) is 4.04. The van der Waals surface area contributed by atoms with E-state index in [1.165, 1.54) is 0 Å². The van der Waals surface area contributed by atoms with Crippen molar-refractivity contribution in [3.8, 4) is 0 Å². The molecule has 0 aliphatic heterocycles. The Balaban J connectivity index is 2.42. The number of hydrogen-bond donors (Lipinski definition) is 2. The zero-order chi connectivity index (χ0) is 7.56. The van der Waals surface area contributed by atoms with Gasteiger partial charge in [-0.1, -0.05) is 13.3 Å². The van der Waals surface area contributed by atoms with Crippen molar-refractivity contribution in [1.82, 2.24) is 0 Å². The fourth-order valence-electron chi connectivity index (χ4n) is 1.71. The molecule has 3 unspecified atom stereocenters. The predicted molar refractivity (Wildman–Crippen MR) is 39.6 cm³/mol. The molecule has 0 radical (unpaired) electrons. The van der Waals surface area contributed by atoms with Crippen LogP contribution in [-0.4, -0.2) is 22.9 Å². The monoisotopic (exact) mass is 144 g/mol. The molecule has 2 N–H and O–H groups in total. The van der Waals surface area contributed by atoms with Crippen molar-refractivity contribution in [1.29, 1.82) is 0 Å². The summed E-state index contributed by atoms with van der Waals surface area (Å²) in [5.41, 5.74) is 0. The van der Waals surface area contributed by atoms with Gasteiger partial charge >= 0.3 is 0 Å². The summed E-state index contributed by atoms with van der Waals surface area (Å²) in [7, 11) is 0. The number of aliphatic hydroxyl groups excluding tert-OH is 2. The summed E-state index contributed by atoms with van der Waals surface area (Å²) in [6, 6.07) is 0. The molecule has 0 aromatic carbocycles. The van der Waals surface area contributed by atoms with Crippen LogP contribution in [0.15, 0.2) is 0 Å². The van der Waals surface area contributed by atoms with Crippen molar-refractivity contribution >= 4 is 0 Å². The smallest absolute Gasteiger partial charge is 0.0615 e. The molecule has 1 fully saturated rings. The van der Waals surface area contributed by atoms with E-state index >= 15 is 0 Å². The Bertz CT molecular complexity index is 103. The van der Waals surface area contributed by atoms with Crippen LogP contribution in [0.25, 0.3) is 0 Å². The van der Waals surface area contributed by atoms with Gasteiger partial charge in [0.25, 0.3) is 0 Å². The second-order valence-corrected chi connectivity index (χ2v) is 3.34. The van der Waals surface area contributed by atoms with Crippen LogP contribution in [0.3, 0.4) is 0 Å². The van der Waals surface area contributed by atoms with Crippen LogP contribution in [0, 0.1) is 11.8 Å². The third kappa shape index (κ3) is 1.50. The standard InChI is InChI=1S/C8H16O2/c1-6-3-2-4-7(5-9)8(6)10/h6-10H,2-5H2,1H3. The Kier molecular flexibility index (Phi) is 2.69. The molecule has 0 spiro atoms. The third-order valence-electron chi connectivity index (χ3n) is 2.53. The molecule has 2 nitrogen and oxygen atoms in total. The van der Waals surface area contributed by atoms with Gasteiger partial charge in [-0.05, 0) is 18.8 Å². The second-order valence-electron chi connectivity index (χ2n) is 3.34. The molecule has 0 aromatic heterocycles. The van der Waals surface area contributed by atoms with Gasteiger partial charge in [-0.15, -0.1) is 0 Å². The van der Waals surface area contributed by atoms with Gasteiger partial charge < -0.3 is 10.2 Å². The van der Waals surface area contributed by atoms with E-state index in [0.29, 0.717) is 5.92 Å². The first kappa shape index (κ1) is 8.02. The summed E-state index contributed by atoms with van der Waals surface area (Å²) in [6.07, 6.45) is 2.99. The highest BCUT2D eigenvalue weighted by Crippen LogP contribution is 2.28. The molecule has 1 aliphatic rings. The van der Waals surface area contributed by atoms with Crippen LogP contribution in [-0.2, 0) is 0 Å². The maximum Gasteiger partial charge on any atom is 0.0615 e. The van der Waals surface area contributed by atoms with Crippen molar-refractivity contribution in [3.05, 3.63) is 0 Å². The van der Waals surface area contributed by atoms with E-state index in [1.54, 1.807) is 0 Å². The van der Waals surface area contributed by atoms with Gasteiger partial charge in [0.1, 0.15) is 0 Å². The largest absolute Gasteiger partial charge is 0.396 e. The summed E-state index contributed by atoms with van der Waals surface area (Å²) < 4.78 is 0. The maximum atomic E-state index is 9.48. The van der Waals surface area contributed by atoms with Crippen LogP contribution in [0.1, 0.15) is 26.2 Å². The lowest BCUT2D eigenvalue weighted by Crippen LogP contribution is -2.33. The highest BCUT2D eigenvalue weighted by molar-refractivity contribution is 4.78. The topological polar surface area (TPSA) is 40.5 Å². The lowest BCUT2D eigenvalue weighted by molar-refractivity contribution is -0.000550. The fraction of sp³-hybridized carbons (Fsp3) is 1.00. The van der Waals surface area contributed by atoms with Gasteiger partial charge in [-0.3, -0.25) is 0 Å². The molecular weight excluding hydrogens is 128 g/mol. The number of rotatable bonds is 1. The minimum atomic E-state index is -0.265. The van der Waals surface area contributed by atoms with E-state index in [-0.39, 0.29) is 18.6 Å². The number of aliphatic hydroxyl groups is 2. The third-order valence-corrected chi connectivity index (χ3v) is 2.53. The fourth-order valence-corrected chi connectivity index (χ4v) is 1.71. The Morgan fingerprint density at radius 2 is 2.10 bits per heavy atom. The van der Waals surface area contributed by atoms with E-state index in [4.69, 9.17) is 5.11 Å². The first-order chi connectivity index (χ1) is 4.75. The van der Waals surface area contributed by atoms with Gasteiger partial charge in [0, 0.05) is 12.5 Å². The summed E-state index contributed by atoms with van der Waals surface area (Å²) in [4.78, 5) is 0. The summed E-state index contributed by atoms with van der Waals surface area (Å²) >= 11 is 0. The van der Waals surface area contributed by atoms with E-state index < -0.39 is 0 Å². The molecule has 0 amide bonds. The Morgan fingerprint density at radius 1 is 1.40 bits per heavy atom. The lowest BCUT2D eigenvalue weighted by atomic mass is 9.80. The van der Waals surface area contributed by atoms with E-state index in [2.05, 4.69) is 0 Å². The van der Waals surface area contributed by atoms with Crippen molar-refractivity contribution in [2.45, 2.75) is 32.3 Å². The van der Waals surface area contributed by atoms with Crippen molar-refractivity contribution in [3.63, 3.8) is 0 Å². The van der Waals surface area contributed by atoms with Crippen LogP contribution in [0.5, 0.6) is 0 Å². The zero-order valence-corrected chi connectivity index (χ0v) is 6.45. The van der Waals surface area contributed by atoms with Gasteiger partial charge in [0.15, 0.2) is 0 Å². The zero-order valence-electron chi connectivity index (χ0n) is 6.45. The summed E-state index contributed by atoms with van der Waals surface area (Å²) in [5, 5.41) is 18.3. The number of hydrogen-bond acceptors (Lipinski definition) is 2. The van der Waals surface area contributed by atoms with Crippen molar-refractivity contribution in [2.75, 3.05) is 6.61 Å². The second kappa shape index (κ2) is 3.35. The average molecular weight is 144 g/mol. The lowest BCUT2D eigenvalue weighted by Gasteiger charge is -2.31. The van der Waals surface area contributed by atoms with Crippen LogP contribution in [0.2, 0.25) is 0 Å². The molecule has 1 saturated carbocycles. The van der Waals surface area contributed by atoms with Crippen LogP contribution < -0.4 is 0 Å². The van der Waals surface area contributed by atoms with Gasteiger partial charge in [0.05, 0.1) is 6.10 Å². The average Bonchev–Trinajstić information content (AvgIpc) is 1.95. The van der Waals surface area contributed by atoms with Gasteiger partial charge in [-0.2, -0.15) is 0 Å². The normalized spacial score (nSPS) is 41.7. The first-order valence-electron chi connectivity index (χ1n) is 4.04. The predicted octanol–water partition coefficient (Wildman–Crippen LogP) is 0.776. The molecule has 0 aromatic rings. The van der Waals surface area contributed by atoms with Gasteiger partial charge in [-0.25, -0.2) is 0 Å². The maximum absolute atomic E-state index is 9.48. The quantitative estimate of drug-likeness (QED) is 0.571. The van der Waals surface area contributed by atoms with Crippen LogP contribution >= 0.6 is 0 Å². The summed E-state index contributed by atoms with van der Waals surface area (Å²) in [5.74, 6) is 0.523. The van der Waals surface area contributed by atoms with Gasteiger partial charge in [0.2, 0.25) is 0 Å². The molecule has 1 rings (SSSR count). The Hall–Kier alpha value is -0.0800. The minimum absolute atomic E-state index is 0.142. The molecule has 0 bridgehead atoms. The molecule has 3 atom stereocenters. The Labute approximate surface area is 61.9 Å². The molecule has 0 saturated heterocycles. The SMILES string of the molecule is CC1CCCC(CO)C1O. The molecule has 1 aliphatic carbocycles. The van der Waals surface area contributed by atoms with Crippen molar-refractivity contribution < 1.29 is 10.2 Å².